The normalized spacial score (nSPS) is 24.1. The second-order valence-corrected chi connectivity index (χ2v) is 8.29. The third kappa shape index (κ3) is 4.29. The van der Waals surface area contributed by atoms with Crippen molar-refractivity contribution in [1.29, 1.82) is 0 Å². The van der Waals surface area contributed by atoms with Gasteiger partial charge >= 0.3 is 12.3 Å². The van der Waals surface area contributed by atoms with Crippen LogP contribution in [0.3, 0.4) is 0 Å². The monoisotopic (exact) mass is 469 g/mol. The van der Waals surface area contributed by atoms with Gasteiger partial charge < -0.3 is 20.1 Å². The van der Waals surface area contributed by atoms with Gasteiger partial charge in [-0.05, 0) is 19.8 Å². The van der Waals surface area contributed by atoms with Crippen LogP contribution in [-0.2, 0) is 15.7 Å². The summed E-state index contributed by atoms with van der Waals surface area (Å²) in [6, 6.07) is 2.30. The minimum atomic E-state index is -4.61. The maximum atomic E-state index is 14.9. The number of aromatic nitrogens is 5. The first-order valence-corrected chi connectivity index (χ1v) is 10.1. The molecule has 3 atom stereocenters. The van der Waals surface area contributed by atoms with Crippen molar-refractivity contribution in [2.75, 3.05) is 11.9 Å². The van der Waals surface area contributed by atoms with Gasteiger partial charge in [-0.1, -0.05) is 0 Å². The SMILES string of the molecule is CC1(NC(=O)O[C@H]2CO[C@@H](c3cc(Nc4nccn5nc(C(F)(F)F)cc45)n[nH]3)[C@H]2F)CC1. The molecule has 4 heterocycles. The molecule has 1 amide bonds. The largest absolute Gasteiger partial charge is 0.441 e. The Morgan fingerprint density at radius 1 is 1.36 bits per heavy atom. The van der Waals surface area contributed by atoms with E-state index in [2.05, 4.69) is 30.9 Å². The summed E-state index contributed by atoms with van der Waals surface area (Å²) in [5, 5.41) is 15.6. The number of aromatic amines is 1. The Hall–Kier alpha value is -3.42. The molecule has 0 radical (unpaired) electrons. The second-order valence-electron chi connectivity index (χ2n) is 8.29. The van der Waals surface area contributed by atoms with Crippen LogP contribution in [0.1, 0.15) is 37.3 Å². The molecule has 0 aromatic carbocycles. The fourth-order valence-electron chi connectivity index (χ4n) is 3.49. The van der Waals surface area contributed by atoms with E-state index >= 15 is 0 Å². The molecule has 33 heavy (non-hydrogen) atoms. The number of amides is 1. The zero-order chi connectivity index (χ0) is 23.4. The van der Waals surface area contributed by atoms with Crippen molar-refractivity contribution >= 4 is 23.2 Å². The molecule has 2 aliphatic rings. The van der Waals surface area contributed by atoms with Crippen LogP contribution >= 0.6 is 0 Å². The molecule has 176 valence electrons. The average molecular weight is 469 g/mol. The molecule has 2 fully saturated rings. The number of alkyl halides is 4. The molecule has 3 aromatic rings. The lowest BCUT2D eigenvalue weighted by molar-refractivity contribution is -0.141. The quantitative estimate of drug-likeness (QED) is 0.491. The van der Waals surface area contributed by atoms with Gasteiger partial charge in [-0.3, -0.25) is 5.10 Å². The highest BCUT2D eigenvalue weighted by molar-refractivity contribution is 5.72. The van der Waals surface area contributed by atoms with Crippen LogP contribution in [0.15, 0.2) is 24.5 Å². The van der Waals surface area contributed by atoms with Crippen molar-refractivity contribution in [2.45, 2.75) is 49.9 Å². The van der Waals surface area contributed by atoms with Gasteiger partial charge in [0.05, 0.1) is 12.3 Å². The minimum absolute atomic E-state index is 0.0779. The van der Waals surface area contributed by atoms with Gasteiger partial charge in [0.1, 0.15) is 11.6 Å². The van der Waals surface area contributed by atoms with Gasteiger partial charge in [0.15, 0.2) is 29.6 Å². The Kier molecular flexibility index (Phi) is 4.92. The fraction of sp³-hybridized carbons (Fsp3) is 0.474. The topological polar surface area (TPSA) is 118 Å². The highest BCUT2D eigenvalue weighted by atomic mass is 19.4. The fourth-order valence-corrected chi connectivity index (χ4v) is 3.49. The number of hydrogen-bond acceptors (Lipinski definition) is 7. The molecule has 3 N–H and O–H groups in total. The summed E-state index contributed by atoms with van der Waals surface area (Å²) in [6.45, 7) is 1.74. The van der Waals surface area contributed by atoms with E-state index in [0.29, 0.717) is 0 Å². The Labute approximate surface area is 183 Å². The van der Waals surface area contributed by atoms with E-state index in [0.717, 1.165) is 23.4 Å². The van der Waals surface area contributed by atoms with Crippen molar-refractivity contribution in [3.05, 3.63) is 35.9 Å². The van der Waals surface area contributed by atoms with Gasteiger partial charge in [-0.25, -0.2) is 18.7 Å². The summed E-state index contributed by atoms with van der Waals surface area (Å²) in [4.78, 5) is 16.0. The predicted molar refractivity (Wildman–Crippen MR) is 104 cm³/mol. The molecular formula is C19H19F4N7O3. The number of H-pyrrole nitrogens is 1. The van der Waals surface area contributed by atoms with E-state index in [1.807, 2.05) is 6.92 Å². The number of nitrogens with zero attached hydrogens (tertiary/aromatic N) is 4. The van der Waals surface area contributed by atoms with E-state index in [1.54, 1.807) is 0 Å². The van der Waals surface area contributed by atoms with Crippen LogP contribution in [0.4, 0.5) is 34.0 Å². The number of halogens is 4. The Balaban J connectivity index is 1.27. The lowest BCUT2D eigenvalue weighted by Gasteiger charge is -2.17. The van der Waals surface area contributed by atoms with Gasteiger partial charge in [0, 0.05) is 30.1 Å². The Morgan fingerprint density at radius 2 is 2.15 bits per heavy atom. The number of rotatable bonds is 5. The minimum Gasteiger partial charge on any atom is -0.441 e. The van der Waals surface area contributed by atoms with Crippen LogP contribution in [0.25, 0.3) is 5.52 Å². The number of carbonyl (C=O) groups is 1. The molecule has 0 bridgehead atoms. The summed E-state index contributed by atoms with van der Waals surface area (Å²) < 4.78 is 65.4. The van der Waals surface area contributed by atoms with Gasteiger partial charge in [0.25, 0.3) is 0 Å². The van der Waals surface area contributed by atoms with Crippen molar-refractivity contribution in [3.63, 3.8) is 0 Å². The van der Waals surface area contributed by atoms with Gasteiger partial charge in [-0.2, -0.15) is 23.4 Å². The van der Waals surface area contributed by atoms with Crippen molar-refractivity contribution < 1.29 is 31.8 Å². The third-order valence-electron chi connectivity index (χ3n) is 5.58. The number of carbonyl (C=O) groups excluding carboxylic acids is 1. The molecule has 1 saturated carbocycles. The molecule has 0 unspecified atom stereocenters. The number of alkyl carbamates (subject to hydrolysis) is 1. The lowest BCUT2D eigenvalue weighted by Crippen LogP contribution is -2.39. The van der Waals surface area contributed by atoms with E-state index in [9.17, 15) is 22.4 Å². The smallest absolute Gasteiger partial charge is 0.435 e. The second kappa shape index (κ2) is 7.57. The van der Waals surface area contributed by atoms with Crippen LogP contribution in [0.5, 0.6) is 0 Å². The number of anilines is 2. The molecule has 14 heteroatoms. The van der Waals surface area contributed by atoms with Crippen LogP contribution < -0.4 is 10.6 Å². The van der Waals surface area contributed by atoms with Crippen LogP contribution in [0, 0.1) is 0 Å². The molecule has 5 rings (SSSR count). The predicted octanol–water partition coefficient (Wildman–Crippen LogP) is 3.27. The first kappa shape index (κ1) is 21.4. The molecule has 0 spiro atoms. The summed E-state index contributed by atoms with van der Waals surface area (Å²) in [6.07, 6.45) is -4.83. The summed E-state index contributed by atoms with van der Waals surface area (Å²) in [5.41, 5.74) is -1.01. The van der Waals surface area contributed by atoms with Gasteiger partial charge in [-0.15, -0.1) is 0 Å². The number of ether oxygens (including phenoxy) is 2. The number of hydrogen-bond donors (Lipinski definition) is 3. The van der Waals surface area contributed by atoms with Crippen LogP contribution in [0.2, 0.25) is 0 Å². The zero-order valence-corrected chi connectivity index (χ0v) is 17.2. The summed E-state index contributed by atoms with van der Waals surface area (Å²) in [7, 11) is 0. The molecular weight excluding hydrogens is 450 g/mol. The summed E-state index contributed by atoms with van der Waals surface area (Å²) in [5.74, 6) is 0.258. The first-order chi connectivity index (χ1) is 15.6. The molecule has 3 aromatic heterocycles. The highest BCUT2D eigenvalue weighted by Crippen LogP contribution is 2.36. The zero-order valence-electron chi connectivity index (χ0n) is 17.2. The van der Waals surface area contributed by atoms with E-state index in [1.165, 1.54) is 18.5 Å². The lowest BCUT2D eigenvalue weighted by atomic mass is 10.1. The van der Waals surface area contributed by atoms with Crippen molar-refractivity contribution in [2.24, 2.45) is 0 Å². The molecule has 1 aliphatic heterocycles. The molecule has 1 aliphatic carbocycles. The highest BCUT2D eigenvalue weighted by Gasteiger charge is 2.44. The van der Waals surface area contributed by atoms with E-state index in [4.69, 9.17) is 9.47 Å². The third-order valence-corrected chi connectivity index (χ3v) is 5.58. The van der Waals surface area contributed by atoms with E-state index in [-0.39, 0.29) is 35.0 Å². The van der Waals surface area contributed by atoms with Gasteiger partial charge in [0.2, 0.25) is 0 Å². The molecule has 1 saturated heterocycles. The standard InChI is InChI=1S/C19H19F4N7O3/c1-18(2-3-18)26-17(31)33-11-8-32-15(14(11)20)9-6-13(28-27-9)25-16-10-7-12(19(21,22)23)29-30(10)5-4-24-16/h4-7,11,14-15H,2-3,8H2,1H3,(H,26,31)(H2,24,25,27,28)/t11-,14-,15-/m0/s1. The van der Waals surface area contributed by atoms with Crippen LogP contribution in [-0.4, -0.2) is 55.3 Å². The number of nitrogens with one attached hydrogen (secondary N) is 3. The summed E-state index contributed by atoms with van der Waals surface area (Å²) >= 11 is 0. The Bertz CT molecular complexity index is 1190. The average Bonchev–Trinajstić information content (AvgIpc) is 3.13. The maximum absolute atomic E-state index is 14.9. The van der Waals surface area contributed by atoms with Crippen molar-refractivity contribution in [1.82, 2.24) is 30.1 Å². The first-order valence-electron chi connectivity index (χ1n) is 10.1. The number of fused-ring (bicyclic) bond motifs is 1. The van der Waals surface area contributed by atoms with Crippen molar-refractivity contribution in [3.8, 4) is 0 Å². The maximum Gasteiger partial charge on any atom is 0.435 e. The Morgan fingerprint density at radius 3 is 2.88 bits per heavy atom. The molecule has 10 nitrogen and oxygen atoms in total. The van der Waals surface area contributed by atoms with E-state index < -0.39 is 36.3 Å².